The van der Waals surface area contributed by atoms with E-state index in [1.165, 1.54) is 0 Å². The Morgan fingerprint density at radius 1 is 1.28 bits per heavy atom. The highest BCUT2D eigenvalue weighted by atomic mass is 32.1. The van der Waals surface area contributed by atoms with Gasteiger partial charge in [0.25, 0.3) is 0 Å². The molecule has 0 amide bonds. The molecule has 0 unspecified atom stereocenters. The van der Waals surface area contributed by atoms with Crippen LogP contribution in [0.15, 0.2) is 0 Å². The first-order valence-corrected chi connectivity index (χ1v) is 7.01. The van der Waals surface area contributed by atoms with Crippen molar-refractivity contribution in [3.05, 3.63) is 0 Å². The van der Waals surface area contributed by atoms with Crippen molar-refractivity contribution in [3.63, 3.8) is 0 Å². The number of hydroxylamine groups is 2. The van der Waals surface area contributed by atoms with Gasteiger partial charge >= 0.3 is 5.97 Å². The van der Waals surface area contributed by atoms with Crippen LogP contribution in [-0.2, 0) is 14.4 Å². The number of esters is 1. The lowest BCUT2D eigenvalue weighted by Gasteiger charge is -2.52. The molecule has 1 fully saturated rings. The number of piperidine rings is 1. The van der Waals surface area contributed by atoms with Gasteiger partial charge in [0.2, 0.25) is 0 Å². The first-order valence-electron chi connectivity index (χ1n) is 6.38. The average Bonchev–Trinajstić information content (AvgIpc) is 2.13. The maximum Gasteiger partial charge on any atom is 0.306 e. The summed E-state index contributed by atoms with van der Waals surface area (Å²) < 4.78 is 5.53. The highest BCUT2D eigenvalue weighted by molar-refractivity contribution is 7.80. The molecule has 0 saturated carbocycles. The molecule has 0 N–H and O–H groups in total. The monoisotopic (exact) mass is 275 g/mol. The SMILES string of the molecule is CON1C(C)(C)CC(OC(=O)CCS)CC1(C)C. The predicted octanol–water partition coefficient (Wildman–Crippen LogP) is 2.43. The van der Waals surface area contributed by atoms with Crippen molar-refractivity contribution in [3.8, 4) is 0 Å². The second-order valence-electron chi connectivity index (χ2n) is 6.10. The van der Waals surface area contributed by atoms with Gasteiger partial charge in [0.1, 0.15) is 6.10 Å². The van der Waals surface area contributed by atoms with Gasteiger partial charge < -0.3 is 9.57 Å². The third-order valence-corrected chi connectivity index (χ3v) is 3.57. The highest BCUT2D eigenvalue weighted by Gasteiger charge is 2.47. The zero-order chi connectivity index (χ0) is 14.0. The van der Waals surface area contributed by atoms with E-state index in [1.807, 2.05) is 5.06 Å². The number of thiol groups is 1. The average molecular weight is 275 g/mol. The van der Waals surface area contributed by atoms with Crippen LogP contribution in [0.1, 0.15) is 47.0 Å². The minimum Gasteiger partial charge on any atom is -0.462 e. The third kappa shape index (κ3) is 3.62. The number of hydrogen-bond donors (Lipinski definition) is 1. The molecule has 1 aliphatic heterocycles. The lowest BCUT2D eigenvalue weighted by molar-refractivity contribution is -0.278. The maximum atomic E-state index is 11.6. The van der Waals surface area contributed by atoms with Crippen LogP contribution >= 0.6 is 12.6 Å². The summed E-state index contributed by atoms with van der Waals surface area (Å²) in [6.45, 7) is 8.43. The fourth-order valence-electron chi connectivity index (χ4n) is 3.09. The van der Waals surface area contributed by atoms with E-state index in [-0.39, 0.29) is 23.2 Å². The van der Waals surface area contributed by atoms with Crippen LogP contribution in [0.25, 0.3) is 0 Å². The summed E-state index contributed by atoms with van der Waals surface area (Å²) in [6.07, 6.45) is 1.88. The highest BCUT2D eigenvalue weighted by Crippen LogP contribution is 2.39. The summed E-state index contributed by atoms with van der Waals surface area (Å²) in [5.41, 5.74) is -0.301. The van der Waals surface area contributed by atoms with Crippen molar-refractivity contribution in [2.24, 2.45) is 0 Å². The molecule has 18 heavy (non-hydrogen) atoms. The molecule has 106 valence electrons. The van der Waals surface area contributed by atoms with Crippen LogP contribution in [0.5, 0.6) is 0 Å². The van der Waals surface area contributed by atoms with Crippen molar-refractivity contribution >= 4 is 18.6 Å². The molecule has 1 aliphatic rings. The van der Waals surface area contributed by atoms with Crippen molar-refractivity contribution in [2.75, 3.05) is 12.9 Å². The lowest BCUT2D eigenvalue weighted by atomic mass is 9.80. The van der Waals surface area contributed by atoms with E-state index in [2.05, 4.69) is 40.3 Å². The molecular weight excluding hydrogens is 250 g/mol. The number of carbonyl (C=O) groups excluding carboxylic acids is 1. The van der Waals surface area contributed by atoms with Gasteiger partial charge in [0.15, 0.2) is 0 Å². The summed E-state index contributed by atoms with van der Waals surface area (Å²) in [7, 11) is 1.69. The smallest absolute Gasteiger partial charge is 0.306 e. The van der Waals surface area contributed by atoms with Crippen molar-refractivity contribution in [2.45, 2.75) is 64.1 Å². The molecular formula is C13H25NO3S. The van der Waals surface area contributed by atoms with E-state index < -0.39 is 0 Å². The van der Waals surface area contributed by atoms with E-state index in [0.29, 0.717) is 12.2 Å². The molecule has 1 heterocycles. The number of hydrogen-bond acceptors (Lipinski definition) is 5. The van der Waals surface area contributed by atoms with Gasteiger partial charge in [-0.1, -0.05) is 0 Å². The Morgan fingerprint density at radius 2 is 1.78 bits per heavy atom. The minimum atomic E-state index is -0.160. The molecule has 0 bridgehead atoms. The van der Waals surface area contributed by atoms with Gasteiger partial charge in [-0.3, -0.25) is 4.79 Å². The van der Waals surface area contributed by atoms with Crippen molar-refractivity contribution < 1.29 is 14.4 Å². The largest absolute Gasteiger partial charge is 0.462 e. The summed E-state index contributed by atoms with van der Waals surface area (Å²) in [5.74, 6) is 0.371. The molecule has 0 radical (unpaired) electrons. The standard InChI is InChI=1S/C13H25NO3S/c1-12(2)8-10(17-11(15)6-7-18)9-13(3,4)14(12)16-5/h10,18H,6-9H2,1-5H3. The van der Waals surface area contributed by atoms with Gasteiger partial charge in [-0.2, -0.15) is 17.7 Å². The zero-order valence-electron chi connectivity index (χ0n) is 12.0. The lowest BCUT2D eigenvalue weighted by Crippen LogP contribution is -2.61. The normalized spacial score (nSPS) is 23.9. The summed E-state index contributed by atoms with van der Waals surface area (Å²) >= 11 is 4.05. The third-order valence-electron chi connectivity index (χ3n) is 3.35. The molecule has 1 rings (SSSR count). The van der Waals surface area contributed by atoms with Gasteiger partial charge in [-0.25, -0.2) is 0 Å². The topological polar surface area (TPSA) is 38.8 Å². The van der Waals surface area contributed by atoms with Gasteiger partial charge in [-0.05, 0) is 27.7 Å². The fraction of sp³-hybridized carbons (Fsp3) is 0.923. The Hall–Kier alpha value is -0.260. The maximum absolute atomic E-state index is 11.6. The second-order valence-corrected chi connectivity index (χ2v) is 6.54. The van der Waals surface area contributed by atoms with E-state index in [0.717, 1.165) is 12.8 Å². The van der Waals surface area contributed by atoms with E-state index >= 15 is 0 Å². The van der Waals surface area contributed by atoms with Crippen molar-refractivity contribution in [1.29, 1.82) is 0 Å². The Bertz CT molecular complexity index is 287. The van der Waals surface area contributed by atoms with E-state index in [1.54, 1.807) is 7.11 Å². The Labute approximate surface area is 115 Å². The number of ether oxygens (including phenoxy) is 1. The predicted molar refractivity (Wildman–Crippen MR) is 74.6 cm³/mol. The van der Waals surface area contributed by atoms with Crippen LogP contribution in [0, 0.1) is 0 Å². The molecule has 5 heteroatoms. The molecule has 0 spiro atoms. The van der Waals surface area contributed by atoms with Gasteiger partial charge in [0, 0.05) is 29.7 Å². The Kier molecular flexibility index (Phi) is 5.09. The molecule has 0 aromatic heterocycles. The van der Waals surface area contributed by atoms with Crippen LogP contribution in [0.3, 0.4) is 0 Å². The first-order chi connectivity index (χ1) is 8.23. The second kappa shape index (κ2) is 5.80. The van der Waals surface area contributed by atoms with Gasteiger partial charge in [0.05, 0.1) is 13.5 Å². The van der Waals surface area contributed by atoms with E-state index in [9.17, 15) is 4.79 Å². The van der Waals surface area contributed by atoms with Crippen LogP contribution < -0.4 is 0 Å². The Balaban J connectivity index is 2.74. The number of carbonyl (C=O) groups is 1. The summed E-state index contributed by atoms with van der Waals surface area (Å²) in [6, 6.07) is 0. The van der Waals surface area contributed by atoms with Crippen LogP contribution in [-0.4, -0.2) is 41.1 Å². The molecule has 1 saturated heterocycles. The van der Waals surface area contributed by atoms with Crippen molar-refractivity contribution in [1.82, 2.24) is 5.06 Å². The fourth-order valence-corrected chi connectivity index (χ4v) is 3.27. The summed E-state index contributed by atoms with van der Waals surface area (Å²) in [4.78, 5) is 17.1. The zero-order valence-corrected chi connectivity index (χ0v) is 12.9. The molecule has 4 nitrogen and oxygen atoms in total. The number of rotatable bonds is 4. The molecule has 0 aliphatic carbocycles. The molecule has 0 aromatic carbocycles. The van der Waals surface area contributed by atoms with Gasteiger partial charge in [-0.15, -0.1) is 0 Å². The minimum absolute atomic E-state index is 0.0474. The molecule has 0 aromatic rings. The van der Waals surface area contributed by atoms with E-state index in [4.69, 9.17) is 9.57 Å². The Morgan fingerprint density at radius 3 is 2.17 bits per heavy atom. The molecule has 0 atom stereocenters. The van der Waals surface area contributed by atoms with Crippen LogP contribution in [0.2, 0.25) is 0 Å². The quantitative estimate of drug-likeness (QED) is 0.632. The first kappa shape index (κ1) is 15.8. The summed E-state index contributed by atoms with van der Waals surface area (Å²) in [5, 5.41) is 2.00. The van der Waals surface area contributed by atoms with Crippen LogP contribution in [0.4, 0.5) is 0 Å². The number of nitrogens with zero attached hydrogens (tertiary/aromatic N) is 1.